The van der Waals surface area contributed by atoms with Crippen molar-refractivity contribution in [2.75, 3.05) is 4.90 Å². The van der Waals surface area contributed by atoms with Crippen LogP contribution in [0.25, 0.3) is 0 Å². The minimum absolute atomic E-state index is 0.0372. The standard InChI is InChI=1S/C31H25NO6/c1-15-12-25(35)24-14-23-21(26(28(24)29(15)36)18-4-3-5-20(34)13-18)10-11-22-27(23)31(38)32(30(22)37)19-8-6-17(7-9-19)16(2)33/h3-10,12-13,22-23,26-27,34H,11,14H2,1-2H3. The Balaban J connectivity index is 1.45. The first-order valence-corrected chi connectivity index (χ1v) is 12.7. The van der Waals surface area contributed by atoms with Gasteiger partial charge in [0.25, 0.3) is 0 Å². The molecule has 1 fully saturated rings. The number of hydrogen-bond acceptors (Lipinski definition) is 6. The average molecular weight is 508 g/mol. The maximum atomic E-state index is 13.9. The number of Topliss-reactive ketones (excluding diaryl/α,β-unsaturated/α-hetero) is 2. The van der Waals surface area contributed by atoms with Crippen LogP contribution in [0.2, 0.25) is 0 Å². The zero-order valence-corrected chi connectivity index (χ0v) is 20.9. The Kier molecular flexibility index (Phi) is 5.42. The van der Waals surface area contributed by atoms with E-state index in [9.17, 15) is 29.1 Å². The molecule has 1 aliphatic heterocycles. The summed E-state index contributed by atoms with van der Waals surface area (Å²) >= 11 is 0. The number of nitrogens with zero attached hydrogens (tertiary/aromatic N) is 1. The number of imide groups is 1. The summed E-state index contributed by atoms with van der Waals surface area (Å²) in [6, 6.07) is 13.0. The summed E-state index contributed by atoms with van der Waals surface area (Å²) in [6.07, 6.45) is 3.82. The largest absolute Gasteiger partial charge is 0.508 e. The number of ketones is 3. The van der Waals surface area contributed by atoms with Crippen molar-refractivity contribution in [1.29, 1.82) is 0 Å². The van der Waals surface area contributed by atoms with Crippen molar-refractivity contribution in [1.82, 2.24) is 0 Å². The van der Waals surface area contributed by atoms with Crippen molar-refractivity contribution in [3.8, 4) is 5.75 Å². The molecule has 2 amide bonds. The predicted molar refractivity (Wildman–Crippen MR) is 138 cm³/mol. The second-order valence-corrected chi connectivity index (χ2v) is 10.4. The molecular weight excluding hydrogens is 482 g/mol. The van der Waals surface area contributed by atoms with E-state index in [0.29, 0.717) is 40.0 Å². The Hall–Kier alpha value is -4.39. The Morgan fingerprint density at radius 3 is 2.39 bits per heavy atom. The molecule has 2 aromatic rings. The third-order valence-electron chi connectivity index (χ3n) is 8.30. The molecule has 0 aromatic heterocycles. The molecule has 4 unspecified atom stereocenters. The molecule has 1 saturated heterocycles. The first kappa shape index (κ1) is 24.0. The van der Waals surface area contributed by atoms with E-state index in [2.05, 4.69) is 0 Å². The van der Waals surface area contributed by atoms with Crippen LogP contribution in [0.5, 0.6) is 5.75 Å². The van der Waals surface area contributed by atoms with Crippen LogP contribution in [0, 0.1) is 17.8 Å². The number of carbonyl (C=O) groups is 5. The maximum absolute atomic E-state index is 13.9. The van der Waals surface area contributed by atoms with Crippen molar-refractivity contribution in [2.45, 2.75) is 32.6 Å². The van der Waals surface area contributed by atoms with E-state index < -0.39 is 23.7 Å². The fourth-order valence-corrected chi connectivity index (χ4v) is 6.54. The third-order valence-corrected chi connectivity index (χ3v) is 8.30. The minimum atomic E-state index is -0.682. The highest BCUT2D eigenvalue weighted by Gasteiger charge is 2.56. The molecule has 0 saturated carbocycles. The Morgan fingerprint density at radius 2 is 1.71 bits per heavy atom. The first-order chi connectivity index (χ1) is 18.2. The van der Waals surface area contributed by atoms with E-state index in [1.165, 1.54) is 24.0 Å². The molecule has 6 rings (SSSR count). The molecule has 0 spiro atoms. The van der Waals surface area contributed by atoms with Crippen LogP contribution in [-0.2, 0) is 19.2 Å². The second-order valence-electron chi connectivity index (χ2n) is 10.4. The number of amides is 2. The number of fused-ring (bicyclic) bond motifs is 3. The van der Waals surface area contributed by atoms with Crippen LogP contribution in [0.15, 0.2) is 83.0 Å². The lowest BCUT2D eigenvalue weighted by molar-refractivity contribution is -0.123. The number of phenolic OH excluding ortho intramolecular Hbond substituents is 1. The molecule has 4 atom stereocenters. The molecule has 3 aliphatic carbocycles. The Morgan fingerprint density at radius 1 is 0.974 bits per heavy atom. The van der Waals surface area contributed by atoms with Gasteiger partial charge in [0.2, 0.25) is 11.8 Å². The Labute approximate surface area is 219 Å². The molecule has 7 nitrogen and oxygen atoms in total. The number of rotatable bonds is 3. The smallest absolute Gasteiger partial charge is 0.238 e. The fraction of sp³-hybridized carbons (Fsp3) is 0.258. The number of anilines is 1. The lowest BCUT2D eigenvalue weighted by atomic mass is 9.59. The molecule has 38 heavy (non-hydrogen) atoms. The van der Waals surface area contributed by atoms with Crippen LogP contribution in [0.3, 0.4) is 0 Å². The SMILES string of the molecule is CC(=O)c1ccc(N2C(=O)C3CC=C4C(c5cccc(O)c5)C5=C(CC4C3C2=O)C(=O)C=C(C)C5=O)cc1. The van der Waals surface area contributed by atoms with Crippen molar-refractivity contribution < 1.29 is 29.1 Å². The number of aromatic hydroxyl groups is 1. The van der Waals surface area contributed by atoms with Gasteiger partial charge in [-0.15, -0.1) is 0 Å². The average Bonchev–Trinajstić information content (AvgIpc) is 3.15. The number of hydrogen-bond donors (Lipinski definition) is 1. The van der Waals surface area contributed by atoms with Crippen LogP contribution in [-0.4, -0.2) is 34.3 Å². The summed E-state index contributed by atoms with van der Waals surface area (Å²) in [5, 5.41) is 10.2. The van der Waals surface area contributed by atoms with Gasteiger partial charge < -0.3 is 5.11 Å². The van der Waals surface area contributed by atoms with Crippen molar-refractivity contribution in [3.63, 3.8) is 0 Å². The third kappa shape index (κ3) is 3.45. The lowest BCUT2D eigenvalue weighted by Crippen LogP contribution is -2.39. The predicted octanol–water partition coefficient (Wildman–Crippen LogP) is 4.23. The first-order valence-electron chi connectivity index (χ1n) is 12.7. The molecule has 7 heteroatoms. The minimum Gasteiger partial charge on any atom is -0.508 e. The summed E-state index contributed by atoms with van der Waals surface area (Å²) in [7, 11) is 0. The van der Waals surface area contributed by atoms with Gasteiger partial charge >= 0.3 is 0 Å². The summed E-state index contributed by atoms with van der Waals surface area (Å²) in [5.41, 5.74) is 3.52. The van der Waals surface area contributed by atoms with Crippen LogP contribution >= 0.6 is 0 Å². The Bertz CT molecular complexity index is 1560. The van der Waals surface area contributed by atoms with E-state index in [0.717, 1.165) is 5.57 Å². The van der Waals surface area contributed by atoms with E-state index >= 15 is 0 Å². The van der Waals surface area contributed by atoms with Gasteiger partial charge in [-0.3, -0.25) is 28.9 Å². The molecule has 0 bridgehead atoms. The van der Waals surface area contributed by atoms with E-state index in [4.69, 9.17) is 0 Å². The van der Waals surface area contributed by atoms with Crippen LogP contribution in [0.4, 0.5) is 5.69 Å². The highest BCUT2D eigenvalue weighted by atomic mass is 16.3. The summed E-state index contributed by atoms with van der Waals surface area (Å²) in [4.78, 5) is 66.8. The maximum Gasteiger partial charge on any atom is 0.238 e. The fourth-order valence-electron chi connectivity index (χ4n) is 6.54. The zero-order valence-electron chi connectivity index (χ0n) is 20.9. The normalized spacial score (nSPS) is 26.5. The van der Waals surface area contributed by atoms with Crippen molar-refractivity contribution in [2.24, 2.45) is 17.8 Å². The number of carbonyl (C=O) groups excluding carboxylic acids is 5. The van der Waals surface area contributed by atoms with Gasteiger partial charge in [0.1, 0.15) is 5.75 Å². The summed E-state index contributed by atoms with van der Waals surface area (Å²) in [6.45, 7) is 3.07. The molecular formula is C31H25NO6. The molecule has 4 aliphatic rings. The van der Waals surface area contributed by atoms with Gasteiger partial charge in [-0.1, -0.05) is 23.8 Å². The zero-order chi connectivity index (χ0) is 26.9. The molecule has 0 radical (unpaired) electrons. The van der Waals surface area contributed by atoms with Crippen LogP contribution < -0.4 is 4.90 Å². The highest BCUT2D eigenvalue weighted by Crippen LogP contribution is 2.55. The van der Waals surface area contributed by atoms with Crippen LogP contribution in [0.1, 0.15) is 48.5 Å². The van der Waals surface area contributed by atoms with Gasteiger partial charge in [-0.25, -0.2) is 0 Å². The number of allylic oxidation sites excluding steroid dienone is 6. The summed E-state index contributed by atoms with van der Waals surface area (Å²) < 4.78 is 0. The topological polar surface area (TPSA) is 109 Å². The monoisotopic (exact) mass is 507 g/mol. The van der Waals surface area contributed by atoms with Crippen molar-refractivity contribution >= 4 is 34.9 Å². The number of benzene rings is 2. The van der Waals surface area contributed by atoms with E-state index in [-0.39, 0.29) is 41.3 Å². The molecule has 2 aromatic carbocycles. The van der Waals surface area contributed by atoms with Gasteiger partial charge in [0.05, 0.1) is 17.5 Å². The summed E-state index contributed by atoms with van der Waals surface area (Å²) in [5.74, 6) is -3.49. The highest BCUT2D eigenvalue weighted by molar-refractivity contribution is 6.25. The van der Waals surface area contributed by atoms with Crippen molar-refractivity contribution in [3.05, 3.63) is 94.1 Å². The molecule has 190 valence electrons. The van der Waals surface area contributed by atoms with Gasteiger partial charge in [0, 0.05) is 28.2 Å². The number of phenols is 1. The van der Waals surface area contributed by atoms with Gasteiger partial charge in [-0.05, 0) is 80.6 Å². The molecule has 1 N–H and O–H groups in total. The van der Waals surface area contributed by atoms with Gasteiger partial charge in [-0.2, -0.15) is 0 Å². The van der Waals surface area contributed by atoms with E-state index in [1.54, 1.807) is 49.4 Å². The quantitative estimate of drug-likeness (QED) is 0.288. The van der Waals surface area contributed by atoms with E-state index in [1.807, 2.05) is 6.08 Å². The van der Waals surface area contributed by atoms with Gasteiger partial charge in [0.15, 0.2) is 17.3 Å². The second kappa shape index (κ2) is 8.58. The lowest BCUT2D eigenvalue weighted by Gasteiger charge is -2.42. The molecule has 1 heterocycles.